The Morgan fingerprint density at radius 3 is 3.00 bits per heavy atom. The number of thiophene rings is 1. The fraction of sp³-hybridized carbons (Fsp3) is 0.529. The molecule has 2 aromatic heterocycles. The van der Waals surface area contributed by atoms with E-state index in [1.165, 1.54) is 12.0 Å². The van der Waals surface area contributed by atoms with Gasteiger partial charge in [-0.3, -0.25) is 9.89 Å². The molecule has 0 saturated carbocycles. The van der Waals surface area contributed by atoms with Gasteiger partial charge in [-0.25, -0.2) is 4.98 Å². The minimum atomic E-state index is 0.852. The molecule has 2 N–H and O–H groups in total. The zero-order valence-corrected chi connectivity index (χ0v) is 16.0. The topological polar surface area (TPSA) is 52.6 Å². The van der Waals surface area contributed by atoms with Crippen LogP contribution in [0, 0.1) is 6.92 Å². The lowest BCUT2D eigenvalue weighted by atomic mass is 10.1. The van der Waals surface area contributed by atoms with Gasteiger partial charge in [-0.1, -0.05) is 0 Å². The van der Waals surface area contributed by atoms with Gasteiger partial charge in [-0.2, -0.15) is 0 Å². The maximum Gasteiger partial charge on any atom is 0.191 e. The highest BCUT2D eigenvalue weighted by Crippen LogP contribution is 2.23. The molecule has 0 aliphatic carbocycles. The van der Waals surface area contributed by atoms with Crippen molar-refractivity contribution in [3.63, 3.8) is 0 Å². The van der Waals surface area contributed by atoms with Crippen LogP contribution in [0.3, 0.4) is 0 Å². The minimum Gasteiger partial charge on any atom is -0.356 e. The SMILES string of the molecule is CN=C(NCCc1csc(C)n1)NCCN1CCc2sccc2C1. The molecular weight excluding hydrogens is 338 g/mol. The Morgan fingerprint density at radius 2 is 2.21 bits per heavy atom. The number of hydrogen-bond acceptors (Lipinski definition) is 5. The van der Waals surface area contributed by atoms with Gasteiger partial charge in [0.2, 0.25) is 0 Å². The number of rotatable bonds is 6. The monoisotopic (exact) mass is 363 g/mol. The molecular formula is C17H25N5S2. The van der Waals surface area contributed by atoms with E-state index in [2.05, 4.69) is 42.3 Å². The summed E-state index contributed by atoms with van der Waals surface area (Å²) in [6, 6.07) is 2.26. The van der Waals surface area contributed by atoms with Crippen LogP contribution in [-0.2, 0) is 19.4 Å². The van der Waals surface area contributed by atoms with Gasteiger partial charge in [0.1, 0.15) is 0 Å². The van der Waals surface area contributed by atoms with Crippen LogP contribution in [0.1, 0.15) is 21.1 Å². The molecule has 3 heterocycles. The summed E-state index contributed by atoms with van der Waals surface area (Å²) >= 11 is 3.60. The standard InChI is InChI=1S/C17H25N5S2/c1-13-21-15(12-24-13)3-6-19-17(18-2)20-7-9-22-8-4-16-14(11-22)5-10-23-16/h5,10,12H,3-4,6-9,11H2,1-2H3,(H2,18,19,20). The largest absolute Gasteiger partial charge is 0.356 e. The van der Waals surface area contributed by atoms with Gasteiger partial charge in [0.05, 0.1) is 10.7 Å². The third-order valence-electron chi connectivity index (χ3n) is 4.17. The summed E-state index contributed by atoms with van der Waals surface area (Å²) in [4.78, 5) is 12.8. The van der Waals surface area contributed by atoms with Gasteiger partial charge in [0.15, 0.2) is 5.96 Å². The van der Waals surface area contributed by atoms with Crippen molar-refractivity contribution in [3.8, 4) is 0 Å². The first kappa shape index (κ1) is 17.4. The third kappa shape index (κ3) is 4.78. The molecule has 0 unspecified atom stereocenters. The van der Waals surface area contributed by atoms with E-state index in [-0.39, 0.29) is 0 Å². The first-order chi connectivity index (χ1) is 11.7. The summed E-state index contributed by atoms with van der Waals surface area (Å²) in [6.07, 6.45) is 2.12. The van der Waals surface area contributed by atoms with Crippen molar-refractivity contribution in [2.75, 3.05) is 33.2 Å². The average Bonchev–Trinajstić information content (AvgIpc) is 3.21. The quantitative estimate of drug-likeness (QED) is 0.611. The number of fused-ring (bicyclic) bond motifs is 1. The van der Waals surface area contributed by atoms with E-state index in [0.717, 1.165) is 55.8 Å². The van der Waals surface area contributed by atoms with Crippen LogP contribution in [0.4, 0.5) is 0 Å². The van der Waals surface area contributed by atoms with Crippen molar-refractivity contribution in [1.82, 2.24) is 20.5 Å². The van der Waals surface area contributed by atoms with E-state index < -0.39 is 0 Å². The van der Waals surface area contributed by atoms with Crippen molar-refractivity contribution in [1.29, 1.82) is 0 Å². The molecule has 0 spiro atoms. The number of hydrogen-bond donors (Lipinski definition) is 2. The predicted octanol–water partition coefficient (Wildman–Crippen LogP) is 2.28. The van der Waals surface area contributed by atoms with E-state index in [0.29, 0.717) is 0 Å². The molecule has 1 aliphatic rings. The van der Waals surface area contributed by atoms with E-state index in [1.54, 1.807) is 16.2 Å². The predicted molar refractivity (Wildman–Crippen MR) is 103 cm³/mol. The third-order valence-corrected chi connectivity index (χ3v) is 6.02. The van der Waals surface area contributed by atoms with E-state index in [4.69, 9.17) is 0 Å². The molecule has 24 heavy (non-hydrogen) atoms. The highest BCUT2D eigenvalue weighted by atomic mass is 32.1. The van der Waals surface area contributed by atoms with Gasteiger partial charge in [-0.15, -0.1) is 22.7 Å². The molecule has 2 aromatic rings. The molecule has 0 aromatic carbocycles. The van der Waals surface area contributed by atoms with Gasteiger partial charge >= 0.3 is 0 Å². The Kier molecular flexibility index (Phi) is 6.23. The van der Waals surface area contributed by atoms with Crippen molar-refractivity contribution < 1.29 is 0 Å². The van der Waals surface area contributed by atoms with Crippen LogP contribution in [0.25, 0.3) is 0 Å². The van der Waals surface area contributed by atoms with E-state index in [9.17, 15) is 0 Å². The fourth-order valence-electron chi connectivity index (χ4n) is 2.88. The molecule has 5 nitrogen and oxygen atoms in total. The molecule has 0 atom stereocenters. The molecule has 0 fully saturated rings. The van der Waals surface area contributed by atoms with Crippen LogP contribution >= 0.6 is 22.7 Å². The van der Waals surface area contributed by atoms with Crippen LogP contribution in [0.2, 0.25) is 0 Å². The highest BCUT2D eigenvalue weighted by molar-refractivity contribution is 7.10. The first-order valence-corrected chi connectivity index (χ1v) is 10.1. The lowest BCUT2D eigenvalue weighted by Crippen LogP contribution is -2.43. The molecule has 3 rings (SSSR count). The Balaban J connectivity index is 1.34. The van der Waals surface area contributed by atoms with Crippen molar-refractivity contribution in [3.05, 3.63) is 38.0 Å². The Hall–Kier alpha value is -1.44. The summed E-state index contributed by atoms with van der Waals surface area (Å²) in [5.41, 5.74) is 2.66. The second-order valence-corrected chi connectivity index (χ2v) is 7.99. The maximum atomic E-state index is 4.48. The summed E-state index contributed by atoms with van der Waals surface area (Å²) in [6.45, 7) is 7.09. The zero-order chi connectivity index (χ0) is 16.8. The normalized spacial score (nSPS) is 15.3. The zero-order valence-electron chi connectivity index (χ0n) is 14.3. The maximum absolute atomic E-state index is 4.48. The number of nitrogens with zero attached hydrogens (tertiary/aromatic N) is 3. The van der Waals surface area contributed by atoms with Gasteiger partial charge in [0, 0.05) is 56.4 Å². The number of thiazole rings is 1. The van der Waals surface area contributed by atoms with Gasteiger partial charge < -0.3 is 10.6 Å². The second-order valence-electron chi connectivity index (χ2n) is 5.93. The molecule has 1 aliphatic heterocycles. The van der Waals surface area contributed by atoms with Crippen molar-refractivity contribution >= 4 is 28.6 Å². The Morgan fingerprint density at radius 1 is 1.33 bits per heavy atom. The van der Waals surface area contributed by atoms with E-state index >= 15 is 0 Å². The number of aromatic nitrogens is 1. The first-order valence-electron chi connectivity index (χ1n) is 8.37. The van der Waals surface area contributed by atoms with Crippen LogP contribution in [-0.4, -0.2) is 49.1 Å². The molecule has 130 valence electrons. The van der Waals surface area contributed by atoms with E-state index in [1.807, 2.05) is 25.3 Å². The highest BCUT2D eigenvalue weighted by Gasteiger charge is 2.16. The average molecular weight is 364 g/mol. The fourth-order valence-corrected chi connectivity index (χ4v) is 4.42. The number of nitrogens with one attached hydrogen (secondary N) is 2. The van der Waals surface area contributed by atoms with Gasteiger partial charge in [-0.05, 0) is 30.4 Å². The minimum absolute atomic E-state index is 0.852. The summed E-state index contributed by atoms with van der Waals surface area (Å²) in [5, 5.41) is 12.2. The summed E-state index contributed by atoms with van der Waals surface area (Å²) in [5.74, 6) is 0.871. The molecule has 7 heteroatoms. The smallest absolute Gasteiger partial charge is 0.191 e. The Bertz CT molecular complexity index is 676. The summed E-state index contributed by atoms with van der Waals surface area (Å²) in [7, 11) is 1.82. The van der Waals surface area contributed by atoms with Gasteiger partial charge in [0.25, 0.3) is 0 Å². The Labute approximate surface area is 151 Å². The molecule has 0 amide bonds. The van der Waals surface area contributed by atoms with Crippen LogP contribution in [0.15, 0.2) is 21.8 Å². The van der Waals surface area contributed by atoms with Crippen molar-refractivity contribution in [2.24, 2.45) is 4.99 Å². The lowest BCUT2D eigenvalue weighted by molar-refractivity contribution is 0.260. The second kappa shape index (κ2) is 8.60. The number of aliphatic imine (C=N–C) groups is 1. The number of aryl methyl sites for hydroxylation is 1. The molecule has 0 radical (unpaired) electrons. The lowest BCUT2D eigenvalue weighted by Gasteiger charge is -2.27. The number of guanidine groups is 1. The molecule has 0 bridgehead atoms. The van der Waals surface area contributed by atoms with Crippen LogP contribution in [0.5, 0.6) is 0 Å². The summed E-state index contributed by atoms with van der Waals surface area (Å²) < 4.78 is 0. The van der Waals surface area contributed by atoms with Crippen molar-refractivity contribution in [2.45, 2.75) is 26.3 Å². The molecule has 0 saturated heterocycles. The van der Waals surface area contributed by atoms with Crippen LogP contribution < -0.4 is 10.6 Å².